The Labute approximate surface area is 190 Å². The van der Waals surface area contributed by atoms with E-state index in [0.717, 1.165) is 13.1 Å². The van der Waals surface area contributed by atoms with Crippen molar-refractivity contribution in [1.29, 1.82) is 0 Å². The van der Waals surface area contributed by atoms with Gasteiger partial charge in [-0.3, -0.25) is 14.6 Å². The number of thiazole rings is 1. The Morgan fingerprint density at radius 2 is 1.97 bits per heavy atom. The van der Waals surface area contributed by atoms with E-state index in [9.17, 15) is 13.2 Å². The second kappa shape index (κ2) is 9.22. The lowest BCUT2D eigenvalue weighted by Gasteiger charge is -2.29. The monoisotopic (exact) mass is 479 g/mol. The summed E-state index contributed by atoms with van der Waals surface area (Å²) in [7, 11) is -3.33. The van der Waals surface area contributed by atoms with Gasteiger partial charge in [0.1, 0.15) is 0 Å². The Morgan fingerprint density at radius 3 is 2.68 bits per heavy atom. The summed E-state index contributed by atoms with van der Waals surface area (Å²) in [5.41, 5.74) is 1.05. The van der Waals surface area contributed by atoms with Gasteiger partial charge in [-0.15, -0.1) is 0 Å². The second-order valence-electron chi connectivity index (χ2n) is 7.29. The Bertz CT molecular complexity index is 1210. The predicted octanol–water partition coefficient (Wildman–Crippen LogP) is 3.33. The number of nitrogens with zero attached hydrogens (tertiary/aromatic N) is 3. The first-order valence-electron chi connectivity index (χ1n) is 9.80. The number of carbonyl (C=O) groups is 1. The van der Waals surface area contributed by atoms with Gasteiger partial charge >= 0.3 is 0 Å². The SMILES string of the molecule is CS(=O)(=O)c1ccc2nc(N(CCN3CCOCC3)C(=O)c3ccccc3Cl)sc2c1. The van der Waals surface area contributed by atoms with Crippen molar-refractivity contribution in [1.82, 2.24) is 9.88 Å². The quantitative estimate of drug-likeness (QED) is 0.539. The molecule has 4 rings (SSSR count). The van der Waals surface area contributed by atoms with E-state index in [0.29, 0.717) is 52.2 Å². The molecule has 3 aromatic rings. The van der Waals surface area contributed by atoms with E-state index >= 15 is 0 Å². The van der Waals surface area contributed by atoms with E-state index in [1.165, 1.54) is 23.7 Å². The molecule has 1 amide bonds. The van der Waals surface area contributed by atoms with Gasteiger partial charge in [-0.1, -0.05) is 35.1 Å². The van der Waals surface area contributed by atoms with Crippen LogP contribution in [0.5, 0.6) is 0 Å². The number of fused-ring (bicyclic) bond motifs is 1. The molecule has 1 aliphatic rings. The van der Waals surface area contributed by atoms with Crippen molar-refractivity contribution in [3.05, 3.63) is 53.1 Å². The van der Waals surface area contributed by atoms with Crippen molar-refractivity contribution in [2.24, 2.45) is 0 Å². The van der Waals surface area contributed by atoms with E-state index in [-0.39, 0.29) is 10.8 Å². The number of carbonyl (C=O) groups excluding carboxylic acids is 1. The molecule has 0 unspecified atom stereocenters. The summed E-state index contributed by atoms with van der Waals surface area (Å²) in [6, 6.07) is 11.7. The largest absolute Gasteiger partial charge is 0.379 e. The summed E-state index contributed by atoms with van der Waals surface area (Å²) in [4.78, 5) is 22.1. The maximum Gasteiger partial charge on any atom is 0.261 e. The Hall–Kier alpha value is -2.04. The van der Waals surface area contributed by atoms with Crippen LogP contribution in [0.4, 0.5) is 5.13 Å². The van der Waals surface area contributed by atoms with Gasteiger partial charge in [0, 0.05) is 32.4 Å². The summed E-state index contributed by atoms with van der Waals surface area (Å²) in [6.07, 6.45) is 1.17. The number of amides is 1. The molecule has 1 saturated heterocycles. The minimum absolute atomic E-state index is 0.229. The highest BCUT2D eigenvalue weighted by Gasteiger charge is 2.24. The summed E-state index contributed by atoms with van der Waals surface area (Å²) >= 11 is 7.59. The second-order valence-corrected chi connectivity index (χ2v) is 10.7. The van der Waals surface area contributed by atoms with E-state index in [1.807, 2.05) is 0 Å². The summed E-state index contributed by atoms with van der Waals surface area (Å²) in [5, 5.41) is 0.892. The van der Waals surface area contributed by atoms with Crippen LogP contribution in [0.25, 0.3) is 10.2 Å². The number of anilines is 1. The van der Waals surface area contributed by atoms with Crippen LogP contribution < -0.4 is 4.90 Å². The molecule has 31 heavy (non-hydrogen) atoms. The molecule has 1 aliphatic heterocycles. The maximum atomic E-state index is 13.4. The third-order valence-corrected chi connectivity index (χ3v) is 7.58. The van der Waals surface area contributed by atoms with Crippen LogP contribution in [0.15, 0.2) is 47.4 Å². The number of morpholine rings is 1. The van der Waals surface area contributed by atoms with Gasteiger partial charge in [0.25, 0.3) is 5.91 Å². The lowest BCUT2D eigenvalue weighted by molar-refractivity contribution is 0.0391. The molecule has 7 nitrogen and oxygen atoms in total. The number of halogens is 1. The number of benzene rings is 2. The van der Waals surface area contributed by atoms with Crippen LogP contribution in [-0.2, 0) is 14.6 Å². The number of ether oxygens (including phenoxy) is 1. The third kappa shape index (κ3) is 5.07. The molecule has 1 fully saturated rings. The number of sulfone groups is 1. The van der Waals surface area contributed by atoms with Crippen LogP contribution >= 0.6 is 22.9 Å². The smallest absolute Gasteiger partial charge is 0.261 e. The van der Waals surface area contributed by atoms with Crippen molar-refractivity contribution in [3.8, 4) is 0 Å². The minimum atomic E-state index is -3.33. The van der Waals surface area contributed by atoms with Crippen LogP contribution in [0.3, 0.4) is 0 Å². The molecule has 10 heteroatoms. The zero-order chi connectivity index (χ0) is 22.0. The van der Waals surface area contributed by atoms with Gasteiger partial charge in [-0.2, -0.15) is 0 Å². The van der Waals surface area contributed by atoms with Crippen molar-refractivity contribution in [2.45, 2.75) is 4.90 Å². The zero-order valence-electron chi connectivity index (χ0n) is 17.0. The molecule has 0 N–H and O–H groups in total. The fourth-order valence-electron chi connectivity index (χ4n) is 3.37. The van der Waals surface area contributed by atoms with Crippen LogP contribution in [0, 0.1) is 0 Å². The Morgan fingerprint density at radius 1 is 1.23 bits per heavy atom. The third-order valence-electron chi connectivity index (χ3n) is 5.10. The molecular weight excluding hydrogens is 458 g/mol. The summed E-state index contributed by atoms with van der Waals surface area (Å²) < 4.78 is 29.9. The molecule has 0 spiro atoms. The fraction of sp³-hybridized carbons (Fsp3) is 0.333. The Kier molecular flexibility index (Phi) is 6.59. The molecule has 0 aliphatic carbocycles. The predicted molar refractivity (Wildman–Crippen MR) is 123 cm³/mol. The highest BCUT2D eigenvalue weighted by Crippen LogP contribution is 2.32. The molecule has 164 valence electrons. The van der Waals surface area contributed by atoms with E-state index in [4.69, 9.17) is 16.3 Å². The number of rotatable bonds is 6. The van der Waals surface area contributed by atoms with Crippen molar-refractivity contribution in [2.75, 3.05) is 50.5 Å². The van der Waals surface area contributed by atoms with Crippen LogP contribution in [0.2, 0.25) is 5.02 Å². The average Bonchev–Trinajstić information content (AvgIpc) is 3.17. The highest BCUT2D eigenvalue weighted by atomic mass is 35.5. The molecule has 0 bridgehead atoms. The summed E-state index contributed by atoms with van der Waals surface area (Å²) in [5.74, 6) is -0.235. The molecule has 0 saturated carbocycles. The van der Waals surface area contributed by atoms with Gasteiger partial charge in [0.05, 0.1) is 38.9 Å². The average molecular weight is 480 g/mol. The number of hydrogen-bond donors (Lipinski definition) is 0. The van der Waals surface area contributed by atoms with E-state index in [1.54, 1.807) is 41.3 Å². The minimum Gasteiger partial charge on any atom is -0.379 e. The topological polar surface area (TPSA) is 79.8 Å². The van der Waals surface area contributed by atoms with E-state index < -0.39 is 9.84 Å². The maximum absolute atomic E-state index is 13.4. The van der Waals surface area contributed by atoms with E-state index in [2.05, 4.69) is 9.88 Å². The van der Waals surface area contributed by atoms with Crippen LogP contribution in [0.1, 0.15) is 10.4 Å². The normalized spacial score (nSPS) is 15.3. The standard InChI is InChI=1S/C21H22ClN3O4S2/c1-31(27,28)15-6-7-18-19(14-15)30-21(23-18)25(9-8-24-10-12-29-13-11-24)20(26)16-4-2-3-5-17(16)22/h2-7,14H,8-13H2,1H3. The lowest BCUT2D eigenvalue weighted by Crippen LogP contribution is -2.43. The molecule has 0 atom stereocenters. The van der Waals surface area contributed by atoms with Crippen molar-refractivity contribution < 1.29 is 17.9 Å². The molecule has 2 heterocycles. The van der Waals surface area contributed by atoms with Gasteiger partial charge in [-0.05, 0) is 30.3 Å². The van der Waals surface area contributed by atoms with Crippen molar-refractivity contribution in [3.63, 3.8) is 0 Å². The van der Waals surface area contributed by atoms with Crippen LogP contribution in [-0.4, -0.2) is 69.9 Å². The molecular formula is C21H22ClN3O4S2. The first-order chi connectivity index (χ1) is 14.8. The first-order valence-corrected chi connectivity index (χ1v) is 12.9. The number of hydrogen-bond acceptors (Lipinski definition) is 7. The van der Waals surface area contributed by atoms with Gasteiger partial charge < -0.3 is 4.74 Å². The van der Waals surface area contributed by atoms with Gasteiger partial charge in [-0.25, -0.2) is 13.4 Å². The molecule has 0 radical (unpaired) electrons. The molecule has 2 aromatic carbocycles. The Balaban J connectivity index is 1.68. The highest BCUT2D eigenvalue weighted by molar-refractivity contribution is 7.90. The summed E-state index contributed by atoms with van der Waals surface area (Å²) in [6.45, 7) is 4.08. The molecule has 1 aromatic heterocycles. The van der Waals surface area contributed by atoms with Gasteiger partial charge in [0.2, 0.25) is 0 Å². The number of aromatic nitrogens is 1. The fourth-order valence-corrected chi connectivity index (χ4v) is 5.34. The first kappa shape index (κ1) is 22.2. The zero-order valence-corrected chi connectivity index (χ0v) is 19.3. The lowest BCUT2D eigenvalue weighted by atomic mass is 10.2. The van der Waals surface area contributed by atoms with Crippen molar-refractivity contribution >= 4 is 54.0 Å². The van der Waals surface area contributed by atoms with Gasteiger partial charge in [0.15, 0.2) is 15.0 Å².